The molecule has 0 saturated heterocycles. The molecule has 5 aromatic rings. The Kier molecular flexibility index (Phi) is 4.00. The van der Waals surface area contributed by atoms with Crippen molar-refractivity contribution in [3.05, 3.63) is 126 Å². The van der Waals surface area contributed by atoms with Gasteiger partial charge in [0.1, 0.15) is 6.67 Å². The van der Waals surface area contributed by atoms with E-state index in [1.54, 1.807) is 0 Å². The van der Waals surface area contributed by atoms with E-state index in [2.05, 4.69) is 42.5 Å². The Labute approximate surface area is 180 Å². The second-order valence-electron chi connectivity index (χ2n) is 8.10. The summed E-state index contributed by atoms with van der Waals surface area (Å²) in [6, 6.07) is 36.8. The molecule has 31 heavy (non-hydrogen) atoms. The molecule has 0 fully saturated rings. The van der Waals surface area contributed by atoms with E-state index >= 15 is 4.39 Å². The molecule has 0 saturated carbocycles. The highest BCUT2D eigenvalue weighted by Crippen LogP contribution is 2.53. The van der Waals surface area contributed by atoms with Crippen LogP contribution in [-0.2, 0) is 5.41 Å². The normalized spacial score (nSPS) is 16.8. The van der Waals surface area contributed by atoms with Crippen LogP contribution in [0.25, 0.3) is 33.3 Å². The molecule has 1 aromatic heterocycles. The topological polar surface area (TPSA) is 12.9 Å². The monoisotopic (exact) mass is 401 g/mol. The predicted octanol–water partition coefficient (Wildman–Crippen LogP) is 7.19. The zero-order valence-electron chi connectivity index (χ0n) is 16.9. The molecule has 1 aliphatic rings. The Hall–Kier alpha value is -3.78. The second kappa shape index (κ2) is 6.88. The molecule has 148 valence electrons. The third-order valence-electron chi connectivity index (χ3n) is 6.52. The minimum absolute atomic E-state index is 0.490. The van der Waals surface area contributed by atoms with E-state index in [1.165, 1.54) is 0 Å². The summed E-state index contributed by atoms with van der Waals surface area (Å²) in [6.07, 6.45) is 0. The van der Waals surface area contributed by atoms with Gasteiger partial charge < -0.3 is 0 Å². The largest absolute Gasteiger partial charge is 0.249 e. The summed E-state index contributed by atoms with van der Waals surface area (Å²) in [5, 5.41) is 1.11. The van der Waals surface area contributed by atoms with Crippen LogP contribution >= 0.6 is 0 Å². The lowest BCUT2D eigenvalue weighted by Gasteiger charge is -2.30. The van der Waals surface area contributed by atoms with E-state index in [-0.39, 0.29) is 0 Å². The van der Waals surface area contributed by atoms with Crippen LogP contribution in [0.15, 0.2) is 109 Å². The fraction of sp³-hybridized carbons (Fsp3) is 0.0690. The number of hydrogen-bond donors (Lipinski definition) is 0. The van der Waals surface area contributed by atoms with Crippen LogP contribution in [0.3, 0.4) is 0 Å². The summed E-state index contributed by atoms with van der Waals surface area (Å²) in [5.41, 5.74) is 7.29. The maximum atomic E-state index is 15.1. The molecule has 1 atom stereocenters. The number of alkyl halides is 1. The van der Waals surface area contributed by atoms with Crippen molar-refractivity contribution in [2.45, 2.75) is 5.41 Å². The summed E-state index contributed by atoms with van der Waals surface area (Å²) in [4.78, 5) is 4.87. The SMILES string of the molecule is FCC1(c2ccccc2)c2ccccc2-c2ccc(-c3ccc4ccccc4n3)cc21. The van der Waals surface area contributed by atoms with Gasteiger partial charge in [0, 0.05) is 10.9 Å². The highest BCUT2D eigenvalue weighted by atomic mass is 19.1. The van der Waals surface area contributed by atoms with Crippen LogP contribution in [0, 0.1) is 0 Å². The van der Waals surface area contributed by atoms with Gasteiger partial charge in [0.15, 0.2) is 0 Å². The van der Waals surface area contributed by atoms with Gasteiger partial charge in [-0.2, -0.15) is 0 Å². The van der Waals surface area contributed by atoms with Crippen LogP contribution < -0.4 is 0 Å². The average Bonchev–Trinajstić information content (AvgIpc) is 3.14. The first-order chi connectivity index (χ1) is 15.3. The van der Waals surface area contributed by atoms with Crippen LogP contribution in [-0.4, -0.2) is 11.7 Å². The van der Waals surface area contributed by atoms with Crippen LogP contribution in [0.4, 0.5) is 4.39 Å². The summed E-state index contributed by atoms with van der Waals surface area (Å²) in [5.74, 6) is 0. The zero-order chi connectivity index (χ0) is 20.8. The number of benzene rings is 4. The van der Waals surface area contributed by atoms with Crippen molar-refractivity contribution >= 4 is 10.9 Å². The van der Waals surface area contributed by atoms with Gasteiger partial charge >= 0.3 is 0 Å². The van der Waals surface area contributed by atoms with Gasteiger partial charge in [0.25, 0.3) is 0 Å². The van der Waals surface area contributed by atoms with Gasteiger partial charge in [0.05, 0.1) is 16.6 Å². The minimum atomic E-state index is -0.806. The standard InChI is InChI=1S/C29H20FN/c30-19-29(22-9-2-1-3-10-22)25-12-6-5-11-23(25)24-16-14-21(18-26(24)29)28-17-15-20-8-4-7-13-27(20)31-28/h1-18H,19H2. The lowest BCUT2D eigenvalue weighted by Crippen LogP contribution is -2.29. The molecule has 0 aliphatic heterocycles. The highest BCUT2D eigenvalue weighted by molar-refractivity contribution is 5.87. The maximum absolute atomic E-state index is 15.1. The van der Waals surface area contributed by atoms with E-state index in [0.29, 0.717) is 0 Å². The molecule has 0 N–H and O–H groups in total. The van der Waals surface area contributed by atoms with E-state index in [0.717, 1.165) is 50.0 Å². The van der Waals surface area contributed by atoms with Crippen molar-refractivity contribution in [3.63, 3.8) is 0 Å². The maximum Gasteiger partial charge on any atom is 0.107 e. The van der Waals surface area contributed by atoms with E-state index in [4.69, 9.17) is 4.98 Å². The molecule has 1 nitrogen and oxygen atoms in total. The summed E-state index contributed by atoms with van der Waals surface area (Å²) >= 11 is 0. The number of hydrogen-bond acceptors (Lipinski definition) is 1. The molecule has 6 rings (SSSR count). The first-order valence-corrected chi connectivity index (χ1v) is 10.5. The fourth-order valence-electron chi connectivity index (χ4n) is 5.01. The smallest absolute Gasteiger partial charge is 0.107 e. The van der Waals surface area contributed by atoms with Crippen molar-refractivity contribution in [3.8, 4) is 22.4 Å². The minimum Gasteiger partial charge on any atom is -0.249 e. The molecule has 2 heteroatoms. The molecule has 1 aliphatic carbocycles. The second-order valence-corrected chi connectivity index (χ2v) is 8.10. The summed E-state index contributed by atoms with van der Waals surface area (Å²) < 4.78 is 15.1. The Morgan fingerprint density at radius 1 is 0.645 bits per heavy atom. The molecule has 0 bridgehead atoms. The van der Waals surface area contributed by atoms with E-state index < -0.39 is 12.1 Å². The van der Waals surface area contributed by atoms with Gasteiger partial charge in [-0.15, -0.1) is 0 Å². The van der Waals surface area contributed by atoms with Crippen molar-refractivity contribution in [2.75, 3.05) is 6.67 Å². The molecular formula is C29H20FN. The molecule has 0 amide bonds. The number of fused-ring (bicyclic) bond motifs is 4. The lowest BCUT2D eigenvalue weighted by molar-refractivity contribution is 0.399. The van der Waals surface area contributed by atoms with E-state index in [9.17, 15) is 0 Å². The quantitative estimate of drug-likeness (QED) is 0.312. The van der Waals surface area contributed by atoms with Crippen molar-refractivity contribution in [1.29, 1.82) is 0 Å². The van der Waals surface area contributed by atoms with Gasteiger partial charge in [-0.3, -0.25) is 0 Å². The van der Waals surface area contributed by atoms with Crippen molar-refractivity contribution in [2.24, 2.45) is 0 Å². The third-order valence-corrected chi connectivity index (χ3v) is 6.52. The van der Waals surface area contributed by atoms with Crippen LogP contribution in [0.1, 0.15) is 16.7 Å². The molecular weight excluding hydrogens is 381 g/mol. The summed E-state index contributed by atoms with van der Waals surface area (Å²) in [6.45, 7) is -0.490. The average molecular weight is 401 g/mol. The van der Waals surface area contributed by atoms with E-state index in [1.807, 2.05) is 66.7 Å². The molecule has 0 spiro atoms. The highest BCUT2D eigenvalue weighted by Gasteiger charge is 2.44. The number of rotatable bonds is 3. The third kappa shape index (κ3) is 2.58. The number of para-hydroxylation sites is 1. The van der Waals surface area contributed by atoms with Crippen LogP contribution in [0.5, 0.6) is 0 Å². The van der Waals surface area contributed by atoms with Crippen molar-refractivity contribution in [1.82, 2.24) is 4.98 Å². The Morgan fingerprint density at radius 2 is 1.39 bits per heavy atom. The van der Waals surface area contributed by atoms with Crippen LogP contribution in [0.2, 0.25) is 0 Å². The Bertz CT molecular complexity index is 1420. The molecule has 0 radical (unpaired) electrons. The first-order valence-electron chi connectivity index (χ1n) is 10.5. The molecule has 4 aromatic carbocycles. The van der Waals surface area contributed by atoms with Gasteiger partial charge in [-0.25, -0.2) is 9.37 Å². The Morgan fingerprint density at radius 3 is 2.26 bits per heavy atom. The van der Waals surface area contributed by atoms with Crippen molar-refractivity contribution < 1.29 is 4.39 Å². The number of pyridine rings is 1. The molecule has 1 heterocycles. The predicted molar refractivity (Wildman–Crippen MR) is 125 cm³/mol. The Balaban J connectivity index is 1.61. The summed E-state index contributed by atoms with van der Waals surface area (Å²) in [7, 11) is 0. The fourth-order valence-corrected chi connectivity index (χ4v) is 5.01. The number of nitrogens with zero attached hydrogens (tertiary/aromatic N) is 1. The molecule has 1 unspecified atom stereocenters. The zero-order valence-corrected chi connectivity index (χ0v) is 16.9. The van der Waals surface area contributed by atoms with Gasteiger partial charge in [-0.05, 0) is 46.0 Å². The number of halogens is 1. The first kappa shape index (κ1) is 18.0. The lowest BCUT2D eigenvalue weighted by atomic mass is 9.73. The number of aromatic nitrogens is 1. The van der Waals surface area contributed by atoms with Gasteiger partial charge in [-0.1, -0.05) is 91.0 Å². The van der Waals surface area contributed by atoms with Gasteiger partial charge in [0.2, 0.25) is 0 Å².